The summed E-state index contributed by atoms with van der Waals surface area (Å²) in [5.74, 6) is 0.583. The number of nitrogens with zero attached hydrogens (tertiary/aromatic N) is 2. The molecule has 2 aromatic carbocycles. The number of aliphatic hydroxyl groups is 1. The molecule has 0 aromatic heterocycles. The van der Waals surface area contributed by atoms with E-state index >= 15 is 0 Å². The van der Waals surface area contributed by atoms with Gasteiger partial charge in [-0.15, -0.1) is 0 Å². The molecule has 38 heavy (non-hydrogen) atoms. The molecule has 1 heterocycles. The lowest BCUT2D eigenvalue weighted by Crippen LogP contribution is -2.32. The fourth-order valence-electron chi connectivity index (χ4n) is 4.45. The SMILES string of the molecule is CCOc1cccc(C(O)=C2C(=O)C(=O)N(CCCN(C)C)C2c2ccc(OCCC(C)C)c(OC)c2)c1. The van der Waals surface area contributed by atoms with Crippen LogP contribution < -0.4 is 14.2 Å². The van der Waals surface area contributed by atoms with E-state index in [-0.39, 0.29) is 11.3 Å². The van der Waals surface area contributed by atoms with Crippen LogP contribution in [0.1, 0.15) is 50.8 Å². The van der Waals surface area contributed by atoms with E-state index in [1.807, 2.05) is 32.0 Å². The highest BCUT2D eigenvalue weighted by atomic mass is 16.5. The van der Waals surface area contributed by atoms with Gasteiger partial charge >= 0.3 is 0 Å². The second-order valence-corrected chi connectivity index (χ2v) is 10.1. The van der Waals surface area contributed by atoms with Crippen LogP contribution in [0.25, 0.3) is 5.76 Å². The lowest BCUT2D eigenvalue weighted by Gasteiger charge is -2.26. The third kappa shape index (κ3) is 6.86. The Hall–Kier alpha value is -3.52. The van der Waals surface area contributed by atoms with Crippen LogP contribution in [0.4, 0.5) is 0 Å². The van der Waals surface area contributed by atoms with Crippen LogP contribution >= 0.6 is 0 Å². The van der Waals surface area contributed by atoms with Crippen LogP contribution in [0.2, 0.25) is 0 Å². The highest BCUT2D eigenvalue weighted by Gasteiger charge is 2.46. The molecule has 1 unspecified atom stereocenters. The van der Waals surface area contributed by atoms with E-state index in [2.05, 4.69) is 13.8 Å². The van der Waals surface area contributed by atoms with Gasteiger partial charge < -0.3 is 29.1 Å². The fourth-order valence-corrected chi connectivity index (χ4v) is 4.45. The number of hydrogen-bond donors (Lipinski definition) is 1. The molecule has 0 bridgehead atoms. The van der Waals surface area contributed by atoms with E-state index in [1.165, 1.54) is 4.90 Å². The molecule has 1 fully saturated rings. The molecular formula is C30H40N2O6. The lowest BCUT2D eigenvalue weighted by atomic mass is 9.95. The Morgan fingerprint density at radius 1 is 1.08 bits per heavy atom. The molecule has 1 aliphatic heterocycles. The molecule has 1 saturated heterocycles. The van der Waals surface area contributed by atoms with Crippen molar-refractivity contribution >= 4 is 17.4 Å². The van der Waals surface area contributed by atoms with Gasteiger partial charge in [-0.2, -0.15) is 0 Å². The molecule has 8 nitrogen and oxygen atoms in total. The van der Waals surface area contributed by atoms with Crippen molar-refractivity contribution in [2.45, 2.75) is 39.7 Å². The monoisotopic (exact) mass is 524 g/mol. The summed E-state index contributed by atoms with van der Waals surface area (Å²) in [6.07, 6.45) is 1.57. The number of benzene rings is 2. The largest absolute Gasteiger partial charge is 0.507 e. The smallest absolute Gasteiger partial charge is 0.295 e. The zero-order valence-corrected chi connectivity index (χ0v) is 23.3. The molecule has 1 atom stereocenters. The Labute approximate surface area is 225 Å². The molecule has 2 aromatic rings. The summed E-state index contributed by atoms with van der Waals surface area (Å²) in [5.41, 5.74) is 1.11. The summed E-state index contributed by atoms with van der Waals surface area (Å²) >= 11 is 0. The summed E-state index contributed by atoms with van der Waals surface area (Å²) in [5, 5.41) is 11.4. The first-order valence-electron chi connectivity index (χ1n) is 13.1. The number of carbonyl (C=O) groups is 2. The van der Waals surface area contributed by atoms with Crippen molar-refractivity contribution in [3.05, 3.63) is 59.2 Å². The van der Waals surface area contributed by atoms with Gasteiger partial charge in [0.25, 0.3) is 11.7 Å². The molecule has 0 aliphatic carbocycles. The van der Waals surface area contributed by atoms with Gasteiger partial charge in [-0.1, -0.05) is 32.0 Å². The quantitative estimate of drug-likeness (QED) is 0.227. The minimum atomic E-state index is -0.772. The summed E-state index contributed by atoms with van der Waals surface area (Å²) < 4.78 is 17.1. The first kappa shape index (κ1) is 29.0. The average Bonchev–Trinajstić information content (AvgIpc) is 3.13. The van der Waals surface area contributed by atoms with E-state index in [1.54, 1.807) is 43.5 Å². The lowest BCUT2D eigenvalue weighted by molar-refractivity contribution is -0.139. The summed E-state index contributed by atoms with van der Waals surface area (Å²) in [6, 6.07) is 11.5. The van der Waals surface area contributed by atoms with Crippen molar-refractivity contribution in [3.63, 3.8) is 0 Å². The molecule has 1 amide bonds. The normalized spacial score (nSPS) is 16.9. The van der Waals surface area contributed by atoms with Crippen molar-refractivity contribution in [3.8, 4) is 17.2 Å². The highest BCUT2D eigenvalue weighted by Crippen LogP contribution is 2.42. The van der Waals surface area contributed by atoms with Crippen LogP contribution in [-0.2, 0) is 9.59 Å². The molecule has 206 valence electrons. The Bertz CT molecular complexity index is 1160. The van der Waals surface area contributed by atoms with E-state index in [0.717, 1.165) is 13.0 Å². The van der Waals surface area contributed by atoms with Gasteiger partial charge in [-0.05, 0) is 76.2 Å². The van der Waals surface area contributed by atoms with Gasteiger partial charge in [0.05, 0.1) is 31.9 Å². The van der Waals surface area contributed by atoms with E-state index in [0.29, 0.717) is 60.5 Å². The standard InChI is InChI=1S/C30H40N2O6/c1-7-37-23-11-8-10-22(18-23)28(33)26-27(32(30(35)29(26)34)16-9-15-31(4)5)21-12-13-24(25(19-21)36-6)38-17-14-20(2)3/h8,10-13,18-20,27,33H,7,9,14-17H2,1-6H3. The number of methoxy groups -OCH3 is 1. The topological polar surface area (TPSA) is 88.5 Å². The number of likely N-dealkylation sites (tertiary alicyclic amines) is 1. The van der Waals surface area contributed by atoms with E-state index < -0.39 is 17.7 Å². The second kappa shape index (κ2) is 13.3. The van der Waals surface area contributed by atoms with E-state index in [9.17, 15) is 14.7 Å². The van der Waals surface area contributed by atoms with Crippen LogP contribution in [0.5, 0.6) is 17.2 Å². The fraction of sp³-hybridized carbons (Fsp3) is 0.467. The number of rotatable bonds is 13. The number of amides is 1. The molecule has 0 radical (unpaired) electrons. The third-order valence-corrected chi connectivity index (χ3v) is 6.42. The number of aliphatic hydroxyl groups excluding tert-OH is 1. The second-order valence-electron chi connectivity index (χ2n) is 10.1. The van der Waals surface area contributed by atoms with E-state index in [4.69, 9.17) is 14.2 Å². The molecule has 3 rings (SSSR count). The number of carbonyl (C=O) groups excluding carboxylic acids is 2. The van der Waals surface area contributed by atoms with Crippen LogP contribution in [-0.4, -0.2) is 74.1 Å². The molecule has 8 heteroatoms. The van der Waals surface area contributed by atoms with Crippen LogP contribution in [0, 0.1) is 5.92 Å². The summed E-state index contributed by atoms with van der Waals surface area (Å²) in [7, 11) is 5.47. The maximum Gasteiger partial charge on any atom is 0.295 e. The minimum Gasteiger partial charge on any atom is -0.507 e. The predicted molar refractivity (Wildman–Crippen MR) is 148 cm³/mol. The summed E-state index contributed by atoms with van der Waals surface area (Å²) in [4.78, 5) is 30.2. The van der Waals surface area contributed by atoms with Crippen molar-refractivity contribution in [1.82, 2.24) is 9.80 Å². The van der Waals surface area contributed by atoms with Crippen molar-refractivity contribution in [2.24, 2.45) is 5.92 Å². The van der Waals surface area contributed by atoms with Gasteiger partial charge in [-0.25, -0.2) is 0 Å². The molecule has 1 aliphatic rings. The summed E-state index contributed by atoms with van der Waals surface area (Å²) in [6.45, 7) is 8.25. The Morgan fingerprint density at radius 3 is 2.50 bits per heavy atom. The Kier molecular flexibility index (Phi) is 10.2. The molecule has 0 spiro atoms. The molecule has 1 N–H and O–H groups in total. The first-order chi connectivity index (χ1) is 18.2. The van der Waals surface area contributed by atoms with Gasteiger partial charge in [0.2, 0.25) is 0 Å². The van der Waals surface area contributed by atoms with Gasteiger partial charge in [-0.3, -0.25) is 9.59 Å². The van der Waals surface area contributed by atoms with Crippen molar-refractivity contribution in [1.29, 1.82) is 0 Å². The van der Waals surface area contributed by atoms with Crippen molar-refractivity contribution in [2.75, 3.05) is 47.5 Å². The molecular weight excluding hydrogens is 484 g/mol. The number of Topliss-reactive ketones (excluding diaryl/α,β-unsaturated/α-hetero) is 1. The number of hydrogen-bond acceptors (Lipinski definition) is 7. The Balaban J connectivity index is 2.08. The van der Waals surface area contributed by atoms with Crippen LogP contribution in [0.15, 0.2) is 48.0 Å². The maximum atomic E-state index is 13.3. The first-order valence-corrected chi connectivity index (χ1v) is 13.1. The number of ether oxygens (including phenoxy) is 3. The molecule has 0 saturated carbocycles. The van der Waals surface area contributed by atoms with Gasteiger partial charge in [0, 0.05) is 12.1 Å². The number of ketones is 1. The highest BCUT2D eigenvalue weighted by molar-refractivity contribution is 6.46. The zero-order valence-electron chi connectivity index (χ0n) is 23.3. The van der Waals surface area contributed by atoms with Crippen LogP contribution in [0.3, 0.4) is 0 Å². The van der Waals surface area contributed by atoms with Gasteiger partial charge in [0.1, 0.15) is 11.5 Å². The average molecular weight is 525 g/mol. The van der Waals surface area contributed by atoms with Gasteiger partial charge in [0.15, 0.2) is 11.5 Å². The Morgan fingerprint density at radius 2 is 1.84 bits per heavy atom. The third-order valence-electron chi connectivity index (χ3n) is 6.42. The van der Waals surface area contributed by atoms with Crippen molar-refractivity contribution < 1.29 is 28.9 Å². The zero-order chi connectivity index (χ0) is 27.8. The predicted octanol–water partition coefficient (Wildman–Crippen LogP) is 4.89. The minimum absolute atomic E-state index is 0.0454. The maximum absolute atomic E-state index is 13.3.